The van der Waals surface area contributed by atoms with Gasteiger partial charge in [0.15, 0.2) is 41.2 Å². The minimum Gasteiger partial charge on any atom is -0.504 e. The normalized spacial score (nSPS) is 32.0. The van der Waals surface area contributed by atoms with Crippen LogP contribution >= 0.6 is 0 Å². The van der Waals surface area contributed by atoms with Crippen molar-refractivity contribution >= 4 is 11.0 Å². The molecule has 0 unspecified atom stereocenters. The van der Waals surface area contributed by atoms with Crippen molar-refractivity contribution in [2.75, 3.05) is 13.7 Å². The molecular formula is C28H32O17. The number of aliphatic hydroxyl groups is 6. The van der Waals surface area contributed by atoms with E-state index in [1.165, 1.54) is 13.0 Å². The first kappa shape index (κ1) is 32.5. The summed E-state index contributed by atoms with van der Waals surface area (Å²) in [5, 5.41) is 102. The van der Waals surface area contributed by atoms with Crippen LogP contribution in [0.4, 0.5) is 0 Å². The summed E-state index contributed by atoms with van der Waals surface area (Å²) in [5.41, 5.74) is -1.48. The van der Waals surface area contributed by atoms with Crippen molar-refractivity contribution in [1.82, 2.24) is 0 Å². The van der Waals surface area contributed by atoms with Gasteiger partial charge < -0.3 is 79.2 Å². The molecule has 3 aromatic rings. The van der Waals surface area contributed by atoms with E-state index >= 15 is 0 Å². The monoisotopic (exact) mass is 640 g/mol. The van der Waals surface area contributed by atoms with Gasteiger partial charge in [0.05, 0.1) is 19.8 Å². The lowest BCUT2D eigenvalue weighted by Gasteiger charge is -2.45. The van der Waals surface area contributed by atoms with Gasteiger partial charge in [-0.05, 0) is 25.1 Å². The van der Waals surface area contributed by atoms with E-state index in [-0.39, 0.29) is 11.1 Å². The smallest absolute Gasteiger partial charge is 0.239 e. The fourth-order valence-corrected chi connectivity index (χ4v) is 5.14. The number of phenolic OH excluding ortho intramolecular Hbond substituents is 4. The maximum atomic E-state index is 13.9. The van der Waals surface area contributed by atoms with Crippen LogP contribution in [0.15, 0.2) is 33.5 Å². The van der Waals surface area contributed by atoms with Crippen molar-refractivity contribution in [3.05, 3.63) is 34.5 Å². The SMILES string of the molecule is COc1c(O)cc2oc(-c3ccc(O)c(O)c3)c(O[C@@H]3O[C@@H](C)[C@H](O)[C@@H](O)[C@H]3O[C@@H]3O[C@H](CO)[C@H](O)[C@H](O)[C@H]3O)c(=O)c2c1O. The second-order valence-electron chi connectivity index (χ2n) is 10.6. The second-order valence-corrected chi connectivity index (χ2v) is 10.6. The highest BCUT2D eigenvalue weighted by atomic mass is 16.8. The van der Waals surface area contributed by atoms with Crippen molar-refractivity contribution in [3.8, 4) is 45.8 Å². The molecule has 2 fully saturated rings. The van der Waals surface area contributed by atoms with Gasteiger partial charge in [0.25, 0.3) is 0 Å². The van der Waals surface area contributed by atoms with E-state index in [0.717, 1.165) is 25.3 Å². The summed E-state index contributed by atoms with van der Waals surface area (Å²) in [6, 6.07) is 4.31. The fourth-order valence-electron chi connectivity index (χ4n) is 5.14. The lowest BCUT2D eigenvalue weighted by molar-refractivity contribution is -0.355. The predicted molar refractivity (Wildman–Crippen MR) is 147 cm³/mol. The van der Waals surface area contributed by atoms with Crippen LogP contribution in [0.1, 0.15) is 6.92 Å². The third kappa shape index (κ3) is 5.69. The van der Waals surface area contributed by atoms with Crippen LogP contribution in [-0.2, 0) is 14.2 Å². The summed E-state index contributed by atoms with van der Waals surface area (Å²) in [4.78, 5) is 13.9. The molecular weight excluding hydrogens is 608 g/mol. The summed E-state index contributed by atoms with van der Waals surface area (Å²) in [5.74, 6) is -4.15. The molecule has 10 atom stereocenters. The van der Waals surface area contributed by atoms with E-state index in [1.54, 1.807) is 0 Å². The molecule has 3 heterocycles. The molecule has 0 spiro atoms. The number of ether oxygens (including phenoxy) is 5. The van der Waals surface area contributed by atoms with Gasteiger partial charge in [0.2, 0.25) is 23.2 Å². The van der Waals surface area contributed by atoms with Gasteiger partial charge in [-0.3, -0.25) is 4.79 Å². The average molecular weight is 641 g/mol. The molecule has 17 heteroatoms. The van der Waals surface area contributed by atoms with Gasteiger partial charge in [-0.1, -0.05) is 0 Å². The van der Waals surface area contributed by atoms with Crippen molar-refractivity contribution in [1.29, 1.82) is 0 Å². The summed E-state index contributed by atoms with van der Waals surface area (Å²) in [7, 11) is 1.12. The Hall–Kier alpha value is -3.91. The molecule has 2 aromatic carbocycles. The number of benzene rings is 2. The van der Waals surface area contributed by atoms with Crippen LogP contribution in [0.3, 0.4) is 0 Å². The second kappa shape index (κ2) is 12.5. The van der Waals surface area contributed by atoms with E-state index in [4.69, 9.17) is 28.1 Å². The molecule has 5 rings (SSSR count). The number of rotatable bonds is 7. The number of aliphatic hydroxyl groups excluding tert-OH is 6. The molecule has 2 aliphatic heterocycles. The molecule has 0 bridgehead atoms. The Bertz CT molecular complexity index is 1600. The largest absolute Gasteiger partial charge is 0.504 e. The molecule has 246 valence electrons. The highest BCUT2D eigenvalue weighted by Crippen LogP contribution is 2.44. The molecule has 2 aliphatic rings. The van der Waals surface area contributed by atoms with Crippen LogP contribution < -0.4 is 14.9 Å². The standard InChI is InChI=1S/C28H32O17/c1-8-16(33)21(38)26(45-27-22(39)20(37)17(34)14(7-29)43-27)28(41-8)44-25-19(36)15-13(6-12(32)24(40-2)18(15)35)42-23(25)9-3-4-10(30)11(31)5-9/h3-6,8,14,16-17,20-22,26-35,37-39H,7H2,1-2H3/t8-,14+,16-,17-,20-,21+,22+,26+,27-,28-/m0/s1. The Morgan fingerprint density at radius 1 is 0.800 bits per heavy atom. The van der Waals surface area contributed by atoms with Crippen LogP contribution in [0.2, 0.25) is 0 Å². The molecule has 10 N–H and O–H groups in total. The number of phenols is 4. The Morgan fingerprint density at radius 3 is 2.16 bits per heavy atom. The molecule has 0 radical (unpaired) electrons. The minimum atomic E-state index is -1.93. The fraction of sp³-hybridized carbons (Fsp3) is 0.464. The number of hydrogen-bond acceptors (Lipinski definition) is 17. The quantitative estimate of drug-likeness (QED) is 0.129. The molecule has 0 amide bonds. The van der Waals surface area contributed by atoms with Crippen LogP contribution in [0, 0.1) is 0 Å². The zero-order chi connectivity index (χ0) is 32.9. The van der Waals surface area contributed by atoms with Crippen molar-refractivity contribution < 1.29 is 79.2 Å². The zero-order valence-electron chi connectivity index (χ0n) is 23.6. The molecule has 0 saturated carbocycles. The molecule has 0 aliphatic carbocycles. The first-order valence-electron chi connectivity index (χ1n) is 13.5. The van der Waals surface area contributed by atoms with E-state index < -0.39 is 119 Å². The van der Waals surface area contributed by atoms with Crippen molar-refractivity contribution in [2.24, 2.45) is 0 Å². The first-order chi connectivity index (χ1) is 21.3. The number of methoxy groups -OCH3 is 1. The topological polar surface area (TPSA) is 279 Å². The van der Waals surface area contributed by atoms with Gasteiger partial charge in [0.1, 0.15) is 47.6 Å². The minimum absolute atomic E-state index is 0.0510. The molecule has 1 aromatic heterocycles. The number of hydrogen-bond donors (Lipinski definition) is 10. The highest BCUT2D eigenvalue weighted by molar-refractivity contribution is 5.91. The Kier molecular flexibility index (Phi) is 9.00. The average Bonchev–Trinajstić information content (AvgIpc) is 3.00. The Balaban J connectivity index is 1.63. The lowest BCUT2D eigenvalue weighted by atomic mass is 9.97. The Morgan fingerprint density at radius 2 is 1.51 bits per heavy atom. The molecule has 17 nitrogen and oxygen atoms in total. The summed E-state index contributed by atoms with van der Waals surface area (Å²) in [6.07, 6.45) is -17.0. The van der Waals surface area contributed by atoms with Gasteiger partial charge in [-0.15, -0.1) is 0 Å². The highest BCUT2D eigenvalue weighted by Gasteiger charge is 2.51. The number of fused-ring (bicyclic) bond motifs is 1. The van der Waals surface area contributed by atoms with Gasteiger partial charge in [0, 0.05) is 11.6 Å². The predicted octanol–water partition coefficient (Wildman–Crippen LogP) is -1.68. The van der Waals surface area contributed by atoms with E-state index in [0.29, 0.717) is 0 Å². The third-order valence-corrected chi connectivity index (χ3v) is 7.65. The lowest BCUT2D eigenvalue weighted by Crippen LogP contribution is -2.64. The number of aromatic hydroxyl groups is 4. The van der Waals surface area contributed by atoms with Crippen LogP contribution in [0.25, 0.3) is 22.3 Å². The zero-order valence-corrected chi connectivity index (χ0v) is 23.6. The third-order valence-electron chi connectivity index (χ3n) is 7.65. The first-order valence-corrected chi connectivity index (χ1v) is 13.5. The van der Waals surface area contributed by atoms with Gasteiger partial charge in [-0.25, -0.2) is 0 Å². The van der Waals surface area contributed by atoms with Gasteiger partial charge >= 0.3 is 0 Å². The maximum Gasteiger partial charge on any atom is 0.239 e. The van der Waals surface area contributed by atoms with E-state index in [9.17, 15) is 55.9 Å². The van der Waals surface area contributed by atoms with Crippen molar-refractivity contribution in [3.63, 3.8) is 0 Å². The molecule has 45 heavy (non-hydrogen) atoms. The summed E-state index contributed by atoms with van der Waals surface area (Å²) in [6.45, 7) is 0.563. The van der Waals surface area contributed by atoms with Crippen LogP contribution in [0.5, 0.6) is 34.5 Å². The van der Waals surface area contributed by atoms with Crippen molar-refractivity contribution in [2.45, 2.75) is 68.3 Å². The summed E-state index contributed by atoms with van der Waals surface area (Å²) >= 11 is 0. The maximum absolute atomic E-state index is 13.9. The van der Waals surface area contributed by atoms with Gasteiger partial charge in [-0.2, -0.15) is 0 Å². The molecule has 2 saturated heterocycles. The van der Waals surface area contributed by atoms with Crippen LogP contribution in [-0.4, -0.2) is 126 Å². The Labute approximate surface area is 252 Å². The summed E-state index contributed by atoms with van der Waals surface area (Å²) < 4.78 is 33.5. The van der Waals surface area contributed by atoms with E-state index in [1.807, 2.05) is 0 Å². The van der Waals surface area contributed by atoms with E-state index in [2.05, 4.69) is 0 Å².